The van der Waals surface area contributed by atoms with E-state index in [1.54, 1.807) is 6.08 Å². The highest BCUT2D eigenvalue weighted by Crippen LogP contribution is 2.02. The van der Waals surface area contributed by atoms with Gasteiger partial charge in [-0.2, -0.15) is 0 Å². The van der Waals surface area contributed by atoms with E-state index in [4.69, 9.17) is 0 Å². The van der Waals surface area contributed by atoms with Gasteiger partial charge >= 0.3 is 0 Å². The molecule has 0 aromatic heterocycles. The van der Waals surface area contributed by atoms with E-state index in [-0.39, 0.29) is 6.10 Å². The molecule has 2 heteroatoms. The molecular weight excluding hydrogens is 174 g/mol. The standard InChI is InChI=1S/C12H17NO/c1-2-8-13-10-12(14)9-11-6-4-3-5-7-11/h2-7,12-14H,1,8-10H2. The van der Waals surface area contributed by atoms with Crippen LogP contribution in [0.1, 0.15) is 5.56 Å². The number of benzene rings is 1. The maximum absolute atomic E-state index is 9.63. The summed E-state index contributed by atoms with van der Waals surface area (Å²) in [5.41, 5.74) is 1.17. The van der Waals surface area contributed by atoms with Crippen LogP contribution >= 0.6 is 0 Å². The molecule has 0 aliphatic heterocycles. The van der Waals surface area contributed by atoms with Gasteiger partial charge in [0.25, 0.3) is 0 Å². The van der Waals surface area contributed by atoms with Gasteiger partial charge in [-0.05, 0) is 12.0 Å². The zero-order valence-electron chi connectivity index (χ0n) is 8.32. The second-order valence-electron chi connectivity index (χ2n) is 3.29. The summed E-state index contributed by atoms with van der Waals surface area (Å²) in [6, 6.07) is 10.00. The summed E-state index contributed by atoms with van der Waals surface area (Å²) in [5, 5.41) is 12.7. The Hall–Kier alpha value is -1.12. The fourth-order valence-corrected chi connectivity index (χ4v) is 1.31. The van der Waals surface area contributed by atoms with Crippen LogP contribution in [0, 0.1) is 0 Å². The lowest BCUT2D eigenvalue weighted by molar-refractivity contribution is 0.173. The maximum atomic E-state index is 9.63. The van der Waals surface area contributed by atoms with E-state index in [0.717, 1.165) is 6.54 Å². The van der Waals surface area contributed by atoms with Crippen molar-refractivity contribution in [1.29, 1.82) is 0 Å². The van der Waals surface area contributed by atoms with Gasteiger partial charge in [0.15, 0.2) is 0 Å². The van der Waals surface area contributed by atoms with Crippen molar-refractivity contribution >= 4 is 0 Å². The van der Waals surface area contributed by atoms with Gasteiger partial charge in [-0.15, -0.1) is 6.58 Å². The van der Waals surface area contributed by atoms with E-state index in [1.807, 2.05) is 30.3 Å². The zero-order valence-corrected chi connectivity index (χ0v) is 8.32. The molecule has 1 aromatic carbocycles. The van der Waals surface area contributed by atoms with Crippen LogP contribution < -0.4 is 5.32 Å². The van der Waals surface area contributed by atoms with E-state index in [2.05, 4.69) is 11.9 Å². The first kappa shape index (κ1) is 11.0. The first-order chi connectivity index (χ1) is 6.83. The van der Waals surface area contributed by atoms with Crippen LogP contribution in [0.15, 0.2) is 43.0 Å². The fourth-order valence-electron chi connectivity index (χ4n) is 1.31. The molecule has 2 N–H and O–H groups in total. The summed E-state index contributed by atoms with van der Waals surface area (Å²) >= 11 is 0. The fraction of sp³-hybridized carbons (Fsp3) is 0.333. The highest BCUT2D eigenvalue weighted by Gasteiger charge is 2.03. The zero-order chi connectivity index (χ0) is 10.2. The first-order valence-corrected chi connectivity index (χ1v) is 4.86. The highest BCUT2D eigenvalue weighted by molar-refractivity contribution is 5.15. The topological polar surface area (TPSA) is 32.3 Å². The second-order valence-corrected chi connectivity index (χ2v) is 3.29. The molecule has 1 aromatic rings. The molecule has 0 heterocycles. The van der Waals surface area contributed by atoms with E-state index in [9.17, 15) is 5.11 Å². The molecule has 14 heavy (non-hydrogen) atoms. The summed E-state index contributed by atoms with van der Waals surface area (Å²) in [7, 11) is 0. The van der Waals surface area contributed by atoms with E-state index < -0.39 is 0 Å². The van der Waals surface area contributed by atoms with Gasteiger partial charge in [-0.3, -0.25) is 0 Å². The molecule has 1 rings (SSSR count). The summed E-state index contributed by atoms with van der Waals surface area (Å²) in [6.45, 7) is 4.95. The number of aliphatic hydroxyl groups excluding tert-OH is 1. The first-order valence-electron chi connectivity index (χ1n) is 4.86. The minimum Gasteiger partial charge on any atom is -0.391 e. The van der Waals surface area contributed by atoms with Crippen molar-refractivity contribution in [1.82, 2.24) is 5.32 Å². The SMILES string of the molecule is C=CCNCC(O)Cc1ccccc1. The van der Waals surface area contributed by atoms with Crippen LogP contribution in [0.3, 0.4) is 0 Å². The Balaban J connectivity index is 2.26. The van der Waals surface area contributed by atoms with Crippen LogP contribution in [-0.4, -0.2) is 24.3 Å². The molecule has 0 radical (unpaired) electrons. The summed E-state index contributed by atoms with van der Waals surface area (Å²) in [5.74, 6) is 0. The Morgan fingerprint density at radius 2 is 2.07 bits per heavy atom. The minimum atomic E-state index is -0.322. The molecule has 0 saturated carbocycles. The second kappa shape index (κ2) is 6.35. The quantitative estimate of drug-likeness (QED) is 0.525. The molecule has 76 valence electrons. The van der Waals surface area contributed by atoms with E-state index in [0.29, 0.717) is 13.0 Å². The van der Waals surface area contributed by atoms with Crippen molar-refractivity contribution in [3.63, 3.8) is 0 Å². The third-order valence-corrected chi connectivity index (χ3v) is 1.98. The Bertz CT molecular complexity index is 258. The van der Waals surface area contributed by atoms with Crippen molar-refractivity contribution in [3.8, 4) is 0 Å². The normalized spacial score (nSPS) is 12.4. The molecule has 0 bridgehead atoms. The number of rotatable bonds is 6. The molecule has 0 saturated heterocycles. The summed E-state index contributed by atoms with van der Waals surface area (Å²) in [4.78, 5) is 0. The predicted molar refractivity (Wildman–Crippen MR) is 59.2 cm³/mol. The van der Waals surface area contributed by atoms with Gasteiger partial charge in [0.1, 0.15) is 0 Å². The maximum Gasteiger partial charge on any atom is 0.0704 e. The highest BCUT2D eigenvalue weighted by atomic mass is 16.3. The van der Waals surface area contributed by atoms with Gasteiger partial charge in [-0.1, -0.05) is 36.4 Å². The molecule has 0 aliphatic carbocycles. The Morgan fingerprint density at radius 1 is 1.36 bits per heavy atom. The van der Waals surface area contributed by atoms with Gasteiger partial charge in [-0.25, -0.2) is 0 Å². The van der Waals surface area contributed by atoms with E-state index in [1.165, 1.54) is 5.56 Å². The largest absolute Gasteiger partial charge is 0.391 e. The van der Waals surface area contributed by atoms with Gasteiger partial charge < -0.3 is 10.4 Å². The predicted octanol–water partition coefficient (Wildman–Crippen LogP) is 1.37. The molecule has 1 atom stereocenters. The molecule has 1 unspecified atom stereocenters. The van der Waals surface area contributed by atoms with Crippen molar-refractivity contribution in [2.24, 2.45) is 0 Å². The van der Waals surface area contributed by atoms with Gasteiger partial charge in [0, 0.05) is 13.1 Å². The molecule has 0 aliphatic rings. The lowest BCUT2D eigenvalue weighted by atomic mass is 10.1. The van der Waals surface area contributed by atoms with Crippen LogP contribution in [0.5, 0.6) is 0 Å². The van der Waals surface area contributed by atoms with Crippen LogP contribution in [0.2, 0.25) is 0 Å². The Morgan fingerprint density at radius 3 is 2.71 bits per heavy atom. The Kier molecular flexibility index (Phi) is 4.97. The minimum absolute atomic E-state index is 0.322. The monoisotopic (exact) mass is 191 g/mol. The summed E-state index contributed by atoms with van der Waals surface area (Å²) in [6.07, 6.45) is 2.16. The number of aliphatic hydroxyl groups is 1. The number of hydrogen-bond acceptors (Lipinski definition) is 2. The molecular formula is C12H17NO. The molecule has 0 spiro atoms. The van der Waals surface area contributed by atoms with Crippen molar-refractivity contribution in [2.75, 3.05) is 13.1 Å². The Labute approximate surface area is 85.3 Å². The smallest absolute Gasteiger partial charge is 0.0704 e. The molecule has 0 fully saturated rings. The third kappa shape index (κ3) is 4.21. The van der Waals surface area contributed by atoms with Crippen molar-refractivity contribution in [2.45, 2.75) is 12.5 Å². The van der Waals surface area contributed by atoms with Crippen molar-refractivity contribution < 1.29 is 5.11 Å². The van der Waals surface area contributed by atoms with Gasteiger partial charge in [0.2, 0.25) is 0 Å². The number of hydrogen-bond donors (Lipinski definition) is 2. The van der Waals surface area contributed by atoms with Crippen LogP contribution in [-0.2, 0) is 6.42 Å². The average Bonchev–Trinajstić information content (AvgIpc) is 2.20. The van der Waals surface area contributed by atoms with Crippen LogP contribution in [0.25, 0.3) is 0 Å². The van der Waals surface area contributed by atoms with E-state index >= 15 is 0 Å². The summed E-state index contributed by atoms with van der Waals surface area (Å²) < 4.78 is 0. The number of nitrogens with one attached hydrogen (secondary N) is 1. The van der Waals surface area contributed by atoms with Crippen LogP contribution in [0.4, 0.5) is 0 Å². The lowest BCUT2D eigenvalue weighted by Crippen LogP contribution is -2.28. The van der Waals surface area contributed by atoms with Crippen molar-refractivity contribution in [3.05, 3.63) is 48.6 Å². The average molecular weight is 191 g/mol. The molecule has 2 nitrogen and oxygen atoms in total. The lowest BCUT2D eigenvalue weighted by Gasteiger charge is -2.10. The molecule has 0 amide bonds. The van der Waals surface area contributed by atoms with Gasteiger partial charge in [0.05, 0.1) is 6.10 Å². The third-order valence-electron chi connectivity index (χ3n) is 1.98.